The van der Waals surface area contributed by atoms with E-state index in [0.717, 1.165) is 32.1 Å². The summed E-state index contributed by atoms with van der Waals surface area (Å²) in [4.78, 5) is 37.7. The van der Waals surface area contributed by atoms with Gasteiger partial charge in [0.1, 0.15) is 37.8 Å². The summed E-state index contributed by atoms with van der Waals surface area (Å²) in [5, 5.41) is 0. The van der Waals surface area contributed by atoms with Crippen LogP contribution in [0.15, 0.2) is 19.0 Å². The van der Waals surface area contributed by atoms with Gasteiger partial charge in [0, 0.05) is 17.3 Å². The van der Waals surface area contributed by atoms with Gasteiger partial charge in [-0.3, -0.25) is 4.57 Å². The standard InChI is InChI=1S/C34H50FN5O7/c1-6-13-33(7-2,8-3)19-45-31(42)46-24-15-25(40-21-37-26-27(36)38-29(35)39-28(26)40)47-32(24,5)18-43-30(41)44-20-34(9-4)16-22-11-10-12-23(14-22)17-34/h6,21-25H,1,7-20H2,2-5H3,(H2,36,38,39)/t22?,23?,24-,25+,32+,34?/m0/s1. The highest BCUT2D eigenvalue weighted by atomic mass is 19.1. The minimum absolute atomic E-state index is 0.0411. The lowest BCUT2D eigenvalue weighted by molar-refractivity contribution is -0.131. The van der Waals surface area contributed by atoms with E-state index in [1.165, 1.54) is 36.6 Å². The van der Waals surface area contributed by atoms with Gasteiger partial charge < -0.3 is 29.4 Å². The van der Waals surface area contributed by atoms with Crippen LogP contribution in [0.5, 0.6) is 0 Å². The van der Waals surface area contributed by atoms with Crippen LogP contribution in [-0.4, -0.2) is 63.4 Å². The number of rotatable bonds is 13. The van der Waals surface area contributed by atoms with Gasteiger partial charge in [0.15, 0.2) is 17.0 Å². The highest BCUT2D eigenvalue weighted by molar-refractivity contribution is 5.81. The third kappa shape index (κ3) is 7.65. The molecule has 2 saturated carbocycles. The Morgan fingerprint density at radius 2 is 1.81 bits per heavy atom. The van der Waals surface area contributed by atoms with Gasteiger partial charge in [0.2, 0.25) is 0 Å². The van der Waals surface area contributed by atoms with Crippen LogP contribution in [0.2, 0.25) is 0 Å². The Hall–Kier alpha value is -3.48. The van der Waals surface area contributed by atoms with Crippen LogP contribution >= 0.6 is 0 Å². The van der Waals surface area contributed by atoms with Crippen LogP contribution in [0.1, 0.15) is 105 Å². The molecular formula is C34H50FN5O7. The zero-order valence-electron chi connectivity index (χ0n) is 28.2. The van der Waals surface area contributed by atoms with Crippen LogP contribution in [0.3, 0.4) is 0 Å². The molecule has 3 heterocycles. The second kappa shape index (κ2) is 14.3. The van der Waals surface area contributed by atoms with Crippen LogP contribution in [-0.2, 0) is 23.7 Å². The minimum Gasteiger partial charge on any atom is -0.434 e. The predicted octanol–water partition coefficient (Wildman–Crippen LogP) is 7.28. The number of nitrogen functional groups attached to an aromatic ring is 1. The number of aromatic nitrogens is 4. The van der Waals surface area contributed by atoms with Crippen molar-refractivity contribution in [1.29, 1.82) is 0 Å². The predicted molar refractivity (Wildman–Crippen MR) is 172 cm³/mol. The lowest BCUT2D eigenvalue weighted by Gasteiger charge is -2.46. The molecule has 5 rings (SSSR count). The van der Waals surface area contributed by atoms with Crippen molar-refractivity contribution in [2.75, 3.05) is 25.6 Å². The number of hydrogen-bond acceptors (Lipinski definition) is 11. The first-order valence-corrected chi connectivity index (χ1v) is 17.0. The average Bonchev–Trinajstić information content (AvgIpc) is 3.62. The van der Waals surface area contributed by atoms with Gasteiger partial charge in [0.25, 0.3) is 0 Å². The molecule has 1 saturated heterocycles. The molecule has 2 bridgehead atoms. The van der Waals surface area contributed by atoms with Crippen molar-refractivity contribution < 1.29 is 37.7 Å². The van der Waals surface area contributed by atoms with E-state index in [1.807, 2.05) is 19.9 Å². The highest BCUT2D eigenvalue weighted by Gasteiger charge is 2.51. The average molecular weight is 660 g/mol. The molecule has 13 heteroatoms. The molecule has 0 aromatic carbocycles. The van der Waals surface area contributed by atoms with Crippen LogP contribution < -0.4 is 5.73 Å². The van der Waals surface area contributed by atoms with E-state index in [9.17, 15) is 14.0 Å². The number of nitrogens with two attached hydrogens (primary N) is 1. The summed E-state index contributed by atoms with van der Waals surface area (Å²) in [5.74, 6) is 1.26. The molecule has 3 fully saturated rings. The topological polar surface area (TPSA) is 150 Å². The third-order valence-electron chi connectivity index (χ3n) is 11.1. The molecule has 1 aliphatic heterocycles. The van der Waals surface area contributed by atoms with Crippen LogP contribution in [0.25, 0.3) is 11.2 Å². The van der Waals surface area contributed by atoms with E-state index in [1.54, 1.807) is 6.92 Å². The minimum atomic E-state index is -1.31. The number of ether oxygens (including phenoxy) is 5. The molecule has 47 heavy (non-hydrogen) atoms. The Labute approximate surface area is 275 Å². The summed E-state index contributed by atoms with van der Waals surface area (Å²) in [5.41, 5.74) is 4.58. The maximum absolute atomic E-state index is 14.1. The number of halogens is 1. The molecule has 0 radical (unpaired) electrons. The molecule has 2 unspecified atom stereocenters. The second-order valence-corrected chi connectivity index (χ2v) is 14.2. The fourth-order valence-electron chi connectivity index (χ4n) is 7.97. The number of carbonyl (C=O) groups excluding carboxylic acids is 2. The lowest BCUT2D eigenvalue weighted by atomic mass is 9.60. The first kappa shape index (κ1) is 34.8. The number of fused-ring (bicyclic) bond motifs is 3. The maximum atomic E-state index is 14.1. The number of hydrogen-bond donors (Lipinski definition) is 1. The largest absolute Gasteiger partial charge is 0.508 e. The SMILES string of the molecule is C=CCC(CC)(CC)COC(=O)O[C@H]1C[C@H](n2cnc3c(N)nc(F)nc32)O[C@]1(C)COC(=O)OCC1(CC)CC2CCCC(C2)C1. The summed E-state index contributed by atoms with van der Waals surface area (Å²) in [6.07, 6.45) is 9.30. The van der Waals surface area contributed by atoms with Crippen LogP contribution in [0.4, 0.5) is 19.8 Å². The quantitative estimate of drug-likeness (QED) is 0.131. The van der Waals surface area contributed by atoms with Gasteiger partial charge in [-0.2, -0.15) is 14.4 Å². The van der Waals surface area contributed by atoms with Gasteiger partial charge in [-0.1, -0.05) is 46.1 Å². The van der Waals surface area contributed by atoms with E-state index in [-0.39, 0.29) is 47.4 Å². The number of nitrogens with zero attached hydrogens (tertiary/aromatic N) is 4. The maximum Gasteiger partial charge on any atom is 0.508 e. The van der Waals surface area contributed by atoms with E-state index < -0.39 is 36.3 Å². The summed E-state index contributed by atoms with van der Waals surface area (Å²) >= 11 is 0. The molecular weight excluding hydrogens is 609 g/mol. The fraction of sp³-hybridized carbons (Fsp3) is 0.735. The van der Waals surface area contributed by atoms with Crippen molar-refractivity contribution in [1.82, 2.24) is 19.5 Å². The monoisotopic (exact) mass is 659 g/mol. The highest BCUT2D eigenvalue weighted by Crippen LogP contribution is 2.50. The van der Waals surface area contributed by atoms with E-state index in [0.29, 0.717) is 24.9 Å². The second-order valence-electron chi connectivity index (χ2n) is 14.2. The Bertz CT molecular complexity index is 1420. The molecule has 5 atom stereocenters. The van der Waals surface area contributed by atoms with Crippen molar-refractivity contribution >= 4 is 29.3 Å². The first-order chi connectivity index (χ1) is 22.5. The Morgan fingerprint density at radius 3 is 2.47 bits per heavy atom. The molecule has 0 spiro atoms. The zero-order valence-corrected chi connectivity index (χ0v) is 28.2. The Balaban J connectivity index is 1.28. The third-order valence-corrected chi connectivity index (χ3v) is 11.1. The molecule has 260 valence electrons. The smallest absolute Gasteiger partial charge is 0.434 e. The Kier molecular flexibility index (Phi) is 10.6. The summed E-state index contributed by atoms with van der Waals surface area (Å²) in [7, 11) is 0. The van der Waals surface area contributed by atoms with Crippen molar-refractivity contribution in [2.24, 2.45) is 22.7 Å². The van der Waals surface area contributed by atoms with E-state index in [2.05, 4.69) is 28.5 Å². The van der Waals surface area contributed by atoms with Gasteiger partial charge >= 0.3 is 18.4 Å². The molecule has 2 aliphatic carbocycles. The lowest BCUT2D eigenvalue weighted by Crippen LogP contribution is -2.44. The van der Waals surface area contributed by atoms with Crippen molar-refractivity contribution in [3.05, 3.63) is 25.1 Å². The van der Waals surface area contributed by atoms with Crippen molar-refractivity contribution in [2.45, 2.75) is 116 Å². The van der Waals surface area contributed by atoms with Gasteiger partial charge in [-0.05, 0) is 63.7 Å². The Morgan fingerprint density at radius 1 is 1.11 bits per heavy atom. The molecule has 2 aromatic rings. The molecule has 12 nitrogen and oxygen atoms in total. The number of carbonyl (C=O) groups is 2. The molecule has 2 N–H and O–H groups in total. The first-order valence-electron chi connectivity index (χ1n) is 17.0. The van der Waals surface area contributed by atoms with Gasteiger partial charge in [-0.25, -0.2) is 14.6 Å². The number of imidazole rings is 1. The zero-order chi connectivity index (χ0) is 33.8. The summed E-state index contributed by atoms with van der Waals surface area (Å²) in [6, 6.07) is 0. The molecule has 0 amide bonds. The van der Waals surface area contributed by atoms with Crippen molar-refractivity contribution in [3.63, 3.8) is 0 Å². The van der Waals surface area contributed by atoms with Crippen molar-refractivity contribution in [3.8, 4) is 0 Å². The summed E-state index contributed by atoms with van der Waals surface area (Å²) < 4.78 is 44.8. The van der Waals surface area contributed by atoms with E-state index in [4.69, 9.17) is 29.4 Å². The fourth-order valence-corrected chi connectivity index (χ4v) is 7.97. The van der Waals surface area contributed by atoms with Gasteiger partial charge in [-0.15, -0.1) is 6.58 Å². The normalized spacial score (nSPS) is 29.0. The molecule has 2 aromatic heterocycles. The van der Waals surface area contributed by atoms with E-state index >= 15 is 0 Å². The van der Waals surface area contributed by atoms with Gasteiger partial charge in [0.05, 0.1) is 6.33 Å². The number of anilines is 1. The summed E-state index contributed by atoms with van der Waals surface area (Å²) in [6.45, 7) is 12.0. The number of allylic oxidation sites excluding steroid dienone is 1. The molecule has 3 aliphatic rings. The van der Waals surface area contributed by atoms with Crippen LogP contribution in [0, 0.1) is 28.7 Å².